The lowest BCUT2D eigenvalue weighted by molar-refractivity contribution is 0.0259. The molecule has 0 aliphatic heterocycles. The summed E-state index contributed by atoms with van der Waals surface area (Å²) >= 11 is 0. The number of nitrogens with zero attached hydrogens (tertiary/aromatic N) is 1. The molecule has 2 aliphatic carbocycles. The molecule has 1 fully saturated rings. The first kappa shape index (κ1) is 14.9. The molecule has 0 bridgehead atoms. The van der Waals surface area contributed by atoms with E-state index in [1.54, 1.807) is 7.11 Å². The predicted molar refractivity (Wildman–Crippen MR) is 84.7 cm³/mol. The topological polar surface area (TPSA) is 32.7 Å². The van der Waals surface area contributed by atoms with Crippen molar-refractivity contribution >= 4 is 0 Å². The molecule has 2 aliphatic rings. The van der Waals surface area contributed by atoms with E-state index in [4.69, 9.17) is 4.74 Å². The van der Waals surface area contributed by atoms with Crippen LogP contribution in [-0.4, -0.2) is 35.7 Å². The third kappa shape index (κ3) is 2.82. The average Bonchev–Trinajstić information content (AvgIpc) is 2.86. The van der Waals surface area contributed by atoms with Gasteiger partial charge in [-0.2, -0.15) is 0 Å². The van der Waals surface area contributed by atoms with Crippen molar-refractivity contribution in [2.24, 2.45) is 0 Å². The summed E-state index contributed by atoms with van der Waals surface area (Å²) in [6.45, 7) is 3.25. The van der Waals surface area contributed by atoms with Gasteiger partial charge >= 0.3 is 0 Å². The van der Waals surface area contributed by atoms with E-state index in [2.05, 4.69) is 17.9 Å². The molecule has 1 saturated carbocycles. The number of hydrogen-bond donors (Lipinski definition) is 1. The summed E-state index contributed by atoms with van der Waals surface area (Å²) in [6.07, 6.45) is 7.21. The van der Waals surface area contributed by atoms with Gasteiger partial charge in [-0.3, -0.25) is 4.90 Å². The van der Waals surface area contributed by atoms with Crippen molar-refractivity contribution < 1.29 is 9.84 Å². The Morgan fingerprint density at radius 1 is 1.24 bits per heavy atom. The molecule has 1 N–H and O–H groups in total. The Bertz CT molecular complexity index is 482. The van der Waals surface area contributed by atoms with Crippen LogP contribution in [0.5, 0.6) is 5.75 Å². The third-order valence-corrected chi connectivity index (χ3v) is 5.30. The van der Waals surface area contributed by atoms with Crippen LogP contribution in [0, 0.1) is 0 Å². The van der Waals surface area contributed by atoms with Crippen LogP contribution in [0.1, 0.15) is 56.3 Å². The zero-order valence-electron chi connectivity index (χ0n) is 13.2. The van der Waals surface area contributed by atoms with Gasteiger partial charge in [-0.05, 0) is 49.1 Å². The maximum Gasteiger partial charge on any atom is 0.119 e. The summed E-state index contributed by atoms with van der Waals surface area (Å²) < 4.78 is 5.30. The third-order valence-electron chi connectivity index (χ3n) is 5.30. The number of aliphatic hydroxyl groups is 1. The molecular weight excluding hydrogens is 262 g/mol. The fraction of sp³-hybridized carbons (Fsp3) is 0.667. The Balaban J connectivity index is 1.80. The molecule has 0 spiro atoms. The number of ether oxygens (including phenoxy) is 1. The van der Waals surface area contributed by atoms with Crippen LogP contribution in [-0.2, 0) is 6.42 Å². The second-order valence-corrected chi connectivity index (χ2v) is 6.40. The molecule has 0 heterocycles. The fourth-order valence-corrected chi connectivity index (χ4v) is 4.18. The summed E-state index contributed by atoms with van der Waals surface area (Å²) in [5.74, 6) is 0.842. The van der Waals surface area contributed by atoms with Gasteiger partial charge in [0.1, 0.15) is 5.75 Å². The summed E-state index contributed by atoms with van der Waals surface area (Å²) in [5, 5.41) is 10.8. The fourth-order valence-electron chi connectivity index (χ4n) is 4.18. The summed E-state index contributed by atoms with van der Waals surface area (Å²) in [6, 6.07) is 7.02. The number of likely N-dealkylation sites (N-methyl/N-ethyl adjacent to an activating group) is 1. The molecule has 2 atom stereocenters. The smallest absolute Gasteiger partial charge is 0.119 e. The summed E-state index contributed by atoms with van der Waals surface area (Å²) in [5.41, 5.74) is 2.34. The van der Waals surface area contributed by atoms with Crippen LogP contribution in [0.15, 0.2) is 18.2 Å². The number of rotatable bonds is 4. The lowest BCUT2D eigenvalue weighted by Crippen LogP contribution is -2.46. The van der Waals surface area contributed by atoms with Gasteiger partial charge in [0.25, 0.3) is 0 Å². The monoisotopic (exact) mass is 289 g/mol. The molecule has 0 saturated heterocycles. The van der Waals surface area contributed by atoms with Gasteiger partial charge in [-0.1, -0.05) is 32.3 Å². The van der Waals surface area contributed by atoms with Crippen molar-refractivity contribution in [3.63, 3.8) is 0 Å². The molecule has 0 amide bonds. The first-order chi connectivity index (χ1) is 10.2. The minimum absolute atomic E-state index is 0.236. The van der Waals surface area contributed by atoms with Crippen LogP contribution in [0.2, 0.25) is 0 Å². The lowest BCUT2D eigenvalue weighted by Gasteiger charge is -2.39. The lowest BCUT2D eigenvalue weighted by atomic mass is 9.92. The van der Waals surface area contributed by atoms with E-state index >= 15 is 0 Å². The van der Waals surface area contributed by atoms with Crippen LogP contribution in [0.4, 0.5) is 0 Å². The van der Waals surface area contributed by atoms with E-state index in [1.807, 2.05) is 12.1 Å². The number of benzene rings is 1. The second kappa shape index (κ2) is 6.37. The largest absolute Gasteiger partial charge is 0.497 e. The molecule has 0 aromatic heterocycles. The Morgan fingerprint density at radius 3 is 2.67 bits per heavy atom. The van der Waals surface area contributed by atoms with Gasteiger partial charge in [0, 0.05) is 12.1 Å². The van der Waals surface area contributed by atoms with Gasteiger partial charge in [-0.25, -0.2) is 0 Å². The van der Waals surface area contributed by atoms with Crippen LogP contribution >= 0.6 is 0 Å². The molecule has 1 aromatic rings. The van der Waals surface area contributed by atoms with Crippen LogP contribution in [0.3, 0.4) is 0 Å². The minimum atomic E-state index is -0.378. The molecule has 1 aromatic carbocycles. The molecular formula is C18H27NO2. The summed E-state index contributed by atoms with van der Waals surface area (Å²) in [7, 11) is 1.68. The maximum absolute atomic E-state index is 10.8. The van der Waals surface area contributed by atoms with Crippen molar-refractivity contribution in [2.75, 3.05) is 13.7 Å². The number of aliphatic hydroxyl groups excluding tert-OH is 1. The number of methoxy groups -OCH3 is 1. The molecule has 21 heavy (non-hydrogen) atoms. The average molecular weight is 289 g/mol. The van der Waals surface area contributed by atoms with Gasteiger partial charge in [-0.15, -0.1) is 0 Å². The number of fused-ring (bicyclic) bond motifs is 1. The zero-order valence-corrected chi connectivity index (χ0v) is 13.2. The minimum Gasteiger partial charge on any atom is -0.497 e. The zero-order chi connectivity index (χ0) is 14.8. The number of hydrogen-bond acceptors (Lipinski definition) is 3. The quantitative estimate of drug-likeness (QED) is 0.923. The van der Waals surface area contributed by atoms with Crippen molar-refractivity contribution in [1.29, 1.82) is 0 Å². The molecule has 3 heteroatoms. The van der Waals surface area contributed by atoms with E-state index in [9.17, 15) is 5.11 Å². The Kier molecular flexibility index (Phi) is 4.51. The predicted octanol–water partition coefficient (Wildman–Crippen LogP) is 3.31. The highest BCUT2D eigenvalue weighted by Gasteiger charge is 2.37. The van der Waals surface area contributed by atoms with E-state index < -0.39 is 0 Å². The Morgan fingerprint density at radius 2 is 2.00 bits per heavy atom. The van der Waals surface area contributed by atoms with Crippen LogP contribution < -0.4 is 4.74 Å². The maximum atomic E-state index is 10.8. The highest BCUT2D eigenvalue weighted by molar-refractivity contribution is 5.41. The van der Waals surface area contributed by atoms with E-state index in [0.717, 1.165) is 24.3 Å². The van der Waals surface area contributed by atoms with Crippen molar-refractivity contribution in [3.05, 3.63) is 29.3 Å². The molecule has 0 radical (unpaired) electrons. The molecule has 3 rings (SSSR count). The van der Waals surface area contributed by atoms with Gasteiger partial charge < -0.3 is 9.84 Å². The van der Waals surface area contributed by atoms with Crippen LogP contribution in [0.25, 0.3) is 0 Å². The Labute approximate surface area is 127 Å². The molecule has 116 valence electrons. The van der Waals surface area contributed by atoms with Crippen molar-refractivity contribution in [1.82, 2.24) is 4.90 Å². The first-order valence-electron chi connectivity index (χ1n) is 8.35. The van der Waals surface area contributed by atoms with E-state index in [-0.39, 0.29) is 12.1 Å². The van der Waals surface area contributed by atoms with E-state index in [0.29, 0.717) is 6.04 Å². The van der Waals surface area contributed by atoms with Gasteiger partial charge in [0.15, 0.2) is 0 Å². The summed E-state index contributed by atoms with van der Waals surface area (Å²) in [4.78, 5) is 2.55. The van der Waals surface area contributed by atoms with Gasteiger partial charge in [0.2, 0.25) is 0 Å². The molecule has 2 unspecified atom stereocenters. The SMILES string of the molecule is CCN(C1CCCCC1)C1Cc2ccc(OC)cc2C1O. The Hall–Kier alpha value is -1.06. The van der Waals surface area contributed by atoms with Gasteiger partial charge in [0.05, 0.1) is 13.2 Å². The van der Waals surface area contributed by atoms with E-state index in [1.165, 1.54) is 37.7 Å². The normalized spacial score (nSPS) is 26.1. The second-order valence-electron chi connectivity index (χ2n) is 6.40. The standard InChI is InChI=1S/C18H27NO2/c1-3-19(14-7-5-4-6-8-14)17-11-13-9-10-15(21-2)12-16(13)18(17)20/h9-10,12,14,17-18,20H,3-8,11H2,1-2H3. The highest BCUT2D eigenvalue weighted by atomic mass is 16.5. The molecule has 3 nitrogen and oxygen atoms in total. The highest BCUT2D eigenvalue weighted by Crippen LogP contribution is 2.38. The first-order valence-corrected chi connectivity index (χ1v) is 8.35. The van der Waals surface area contributed by atoms with Crippen molar-refractivity contribution in [3.8, 4) is 5.75 Å². The van der Waals surface area contributed by atoms with Crippen molar-refractivity contribution in [2.45, 2.75) is 63.6 Å².